The minimum atomic E-state index is 1.14. The molecule has 12 heavy (non-hydrogen) atoms. The molecule has 0 unspecified atom stereocenters. The molecule has 2 rings (SSSR count). The average Bonchev–Trinajstić information content (AvgIpc) is 2.54. The van der Waals surface area contributed by atoms with Crippen molar-refractivity contribution in [1.82, 2.24) is 9.78 Å². The molecule has 1 aliphatic rings. The molecule has 0 atom stereocenters. The monoisotopic (exact) mass is 165 g/mol. The van der Waals surface area contributed by atoms with E-state index in [1.54, 1.807) is 0 Å². The molecule has 0 aliphatic carbocycles. The Hall–Kier alpha value is -0.990. The van der Waals surface area contributed by atoms with Gasteiger partial charge in [-0.1, -0.05) is 0 Å². The van der Waals surface area contributed by atoms with Crippen molar-refractivity contribution in [2.75, 3.05) is 18.0 Å². The molecule has 0 radical (unpaired) electrons. The van der Waals surface area contributed by atoms with E-state index in [0.717, 1.165) is 5.82 Å². The summed E-state index contributed by atoms with van der Waals surface area (Å²) in [6.45, 7) is 2.36. The third-order valence-corrected chi connectivity index (χ3v) is 2.38. The molecule has 0 saturated carbocycles. The van der Waals surface area contributed by atoms with Gasteiger partial charge in [-0.15, -0.1) is 0 Å². The molecular weight excluding hydrogens is 150 g/mol. The first-order valence-electron chi connectivity index (χ1n) is 4.61. The lowest BCUT2D eigenvalue weighted by molar-refractivity contribution is 0.569. The van der Waals surface area contributed by atoms with Crippen LogP contribution in [0.5, 0.6) is 0 Å². The lowest BCUT2D eigenvalue weighted by Gasteiger charge is -2.26. The van der Waals surface area contributed by atoms with Gasteiger partial charge >= 0.3 is 0 Å². The minimum Gasteiger partial charge on any atom is -0.355 e. The van der Waals surface area contributed by atoms with Crippen LogP contribution in [0.15, 0.2) is 12.3 Å². The summed E-state index contributed by atoms with van der Waals surface area (Å²) < 4.78 is 1.87. The van der Waals surface area contributed by atoms with Crippen molar-refractivity contribution >= 4 is 5.82 Å². The van der Waals surface area contributed by atoms with E-state index in [1.807, 2.05) is 17.9 Å². The number of aryl methyl sites for hydroxylation is 1. The quantitative estimate of drug-likeness (QED) is 0.627. The van der Waals surface area contributed by atoms with Crippen LogP contribution in [0.2, 0.25) is 0 Å². The van der Waals surface area contributed by atoms with E-state index in [1.165, 1.54) is 32.4 Å². The Morgan fingerprint density at radius 1 is 1.25 bits per heavy atom. The average molecular weight is 165 g/mol. The van der Waals surface area contributed by atoms with Crippen LogP contribution >= 0.6 is 0 Å². The number of piperidine rings is 1. The van der Waals surface area contributed by atoms with E-state index < -0.39 is 0 Å². The SMILES string of the molecule is Cn1ccc(N2CCCCC2)n1. The number of anilines is 1. The Kier molecular flexibility index (Phi) is 2.02. The molecule has 1 fully saturated rings. The number of aromatic nitrogens is 2. The summed E-state index contributed by atoms with van der Waals surface area (Å²) in [6, 6.07) is 2.09. The number of nitrogens with zero attached hydrogens (tertiary/aromatic N) is 3. The molecule has 1 saturated heterocycles. The first-order valence-corrected chi connectivity index (χ1v) is 4.61. The highest BCUT2D eigenvalue weighted by Gasteiger charge is 2.11. The Bertz CT molecular complexity index is 248. The van der Waals surface area contributed by atoms with Crippen LogP contribution in [0.1, 0.15) is 19.3 Å². The van der Waals surface area contributed by atoms with Crippen LogP contribution in [-0.2, 0) is 7.05 Å². The van der Waals surface area contributed by atoms with Gasteiger partial charge in [0, 0.05) is 32.4 Å². The zero-order valence-electron chi connectivity index (χ0n) is 7.53. The lowest BCUT2D eigenvalue weighted by Crippen LogP contribution is -2.29. The fourth-order valence-electron chi connectivity index (χ4n) is 1.69. The minimum absolute atomic E-state index is 1.14. The highest BCUT2D eigenvalue weighted by atomic mass is 15.3. The first-order chi connectivity index (χ1) is 5.86. The van der Waals surface area contributed by atoms with Crippen LogP contribution < -0.4 is 4.90 Å². The van der Waals surface area contributed by atoms with Crippen molar-refractivity contribution in [3.63, 3.8) is 0 Å². The molecule has 0 N–H and O–H groups in total. The van der Waals surface area contributed by atoms with Crippen molar-refractivity contribution in [2.24, 2.45) is 7.05 Å². The Morgan fingerprint density at radius 2 is 2.00 bits per heavy atom. The molecule has 1 aromatic rings. The molecule has 0 bridgehead atoms. The van der Waals surface area contributed by atoms with Crippen molar-refractivity contribution in [3.05, 3.63) is 12.3 Å². The zero-order valence-corrected chi connectivity index (χ0v) is 7.53. The van der Waals surface area contributed by atoms with E-state index in [4.69, 9.17) is 0 Å². The molecule has 66 valence electrons. The molecule has 0 amide bonds. The van der Waals surface area contributed by atoms with Gasteiger partial charge in [0.15, 0.2) is 5.82 Å². The van der Waals surface area contributed by atoms with E-state index >= 15 is 0 Å². The van der Waals surface area contributed by atoms with E-state index in [-0.39, 0.29) is 0 Å². The molecule has 3 heteroatoms. The van der Waals surface area contributed by atoms with Crippen LogP contribution in [0.25, 0.3) is 0 Å². The summed E-state index contributed by atoms with van der Waals surface area (Å²) in [5.74, 6) is 1.14. The summed E-state index contributed by atoms with van der Waals surface area (Å²) in [4.78, 5) is 2.36. The maximum atomic E-state index is 4.38. The first kappa shape index (κ1) is 7.65. The second kappa shape index (κ2) is 3.17. The highest BCUT2D eigenvalue weighted by Crippen LogP contribution is 2.16. The van der Waals surface area contributed by atoms with Gasteiger partial charge in [-0.2, -0.15) is 5.10 Å². The van der Waals surface area contributed by atoms with Crippen molar-refractivity contribution in [2.45, 2.75) is 19.3 Å². The molecule has 1 aliphatic heterocycles. The molecule has 2 heterocycles. The van der Waals surface area contributed by atoms with Crippen LogP contribution in [0, 0.1) is 0 Å². The molecular formula is C9H15N3. The van der Waals surface area contributed by atoms with Gasteiger partial charge in [0.1, 0.15) is 0 Å². The molecule has 1 aromatic heterocycles. The molecule has 0 spiro atoms. The van der Waals surface area contributed by atoms with Crippen molar-refractivity contribution in [1.29, 1.82) is 0 Å². The predicted molar refractivity (Wildman–Crippen MR) is 49.3 cm³/mol. The second-order valence-corrected chi connectivity index (χ2v) is 3.40. The summed E-state index contributed by atoms with van der Waals surface area (Å²) in [6.07, 6.45) is 6.01. The fraction of sp³-hybridized carbons (Fsp3) is 0.667. The van der Waals surface area contributed by atoms with E-state index in [0.29, 0.717) is 0 Å². The van der Waals surface area contributed by atoms with Gasteiger partial charge in [0.25, 0.3) is 0 Å². The highest BCUT2D eigenvalue weighted by molar-refractivity contribution is 5.36. The Labute approximate surface area is 73.0 Å². The van der Waals surface area contributed by atoms with Gasteiger partial charge in [0.05, 0.1) is 0 Å². The number of hydrogen-bond donors (Lipinski definition) is 0. The van der Waals surface area contributed by atoms with E-state index in [9.17, 15) is 0 Å². The molecule has 3 nitrogen and oxygen atoms in total. The van der Waals surface area contributed by atoms with E-state index in [2.05, 4.69) is 16.1 Å². The number of hydrogen-bond acceptors (Lipinski definition) is 2. The van der Waals surface area contributed by atoms with Crippen molar-refractivity contribution < 1.29 is 0 Å². The summed E-state index contributed by atoms with van der Waals surface area (Å²) >= 11 is 0. The zero-order chi connectivity index (χ0) is 8.39. The fourth-order valence-corrected chi connectivity index (χ4v) is 1.69. The standard InChI is InChI=1S/C9H15N3/c1-11-8-5-9(10-11)12-6-3-2-4-7-12/h5,8H,2-4,6-7H2,1H3. The lowest BCUT2D eigenvalue weighted by atomic mass is 10.1. The second-order valence-electron chi connectivity index (χ2n) is 3.40. The van der Waals surface area contributed by atoms with Crippen LogP contribution in [-0.4, -0.2) is 22.9 Å². The maximum Gasteiger partial charge on any atom is 0.150 e. The Balaban J connectivity index is 2.08. The summed E-state index contributed by atoms with van der Waals surface area (Å²) in [7, 11) is 1.97. The summed E-state index contributed by atoms with van der Waals surface area (Å²) in [5.41, 5.74) is 0. The Morgan fingerprint density at radius 3 is 2.58 bits per heavy atom. The normalized spacial score (nSPS) is 18.2. The largest absolute Gasteiger partial charge is 0.355 e. The topological polar surface area (TPSA) is 21.1 Å². The van der Waals surface area contributed by atoms with Crippen LogP contribution in [0.4, 0.5) is 5.82 Å². The van der Waals surface area contributed by atoms with Gasteiger partial charge < -0.3 is 4.90 Å². The summed E-state index contributed by atoms with van der Waals surface area (Å²) in [5, 5.41) is 4.38. The smallest absolute Gasteiger partial charge is 0.150 e. The third kappa shape index (κ3) is 1.44. The molecule has 0 aromatic carbocycles. The van der Waals surface area contributed by atoms with Gasteiger partial charge in [-0.25, -0.2) is 0 Å². The van der Waals surface area contributed by atoms with Crippen LogP contribution in [0.3, 0.4) is 0 Å². The predicted octanol–water partition coefficient (Wildman–Crippen LogP) is 1.41. The maximum absolute atomic E-state index is 4.38. The number of rotatable bonds is 1. The third-order valence-electron chi connectivity index (χ3n) is 2.38. The van der Waals surface area contributed by atoms with Gasteiger partial charge in [0.2, 0.25) is 0 Å². The van der Waals surface area contributed by atoms with Gasteiger partial charge in [-0.05, 0) is 19.3 Å². The van der Waals surface area contributed by atoms with Gasteiger partial charge in [-0.3, -0.25) is 4.68 Å². The van der Waals surface area contributed by atoms with Crippen molar-refractivity contribution in [3.8, 4) is 0 Å².